The van der Waals surface area contributed by atoms with Gasteiger partial charge in [-0.25, -0.2) is 0 Å². The van der Waals surface area contributed by atoms with Crippen LogP contribution in [0.1, 0.15) is 37.8 Å². The number of ether oxygens (including phenoxy) is 3. The normalized spacial score (nSPS) is 19.0. The summed E-state index contributed by atoms with van der Waals surface area (Å²) in [6, 6.07) is 4.20. The smallest absolute Gasteiger partial charge is 0.191 e. The van der Waals surface area contributed by atoms with Crippen LogP contribution in [0.4, 0.5) is 0 Å². The molecule has 0 radical (unpaired) electrons. The van der Waals surface area contributed by atoms with E-state index < -0.39 is 0 Å². The predicted molar refractivity (Wildman–Crippen MR) is 103 cm³/mol. The Labute approximate surface area is 156 Å². The molecule has 0 amide bonds. The largest absolute Gasteiger partial charge is 0.494 e. The van der Waals surface area contributed by atoms with Crippen LogP contribution in [0.15, 0.2) is 17.1 Å². The first-order valence-corrected chi connectivity index (χ1v) is 9.67. The second-order valence-corrected chi connectivity index (χ2v) is 7.00. The van der Waals surface area contributed by atoms with Crippen molar-refractivity contribution in [2.75, 3.05) is 33.4 Å². The maximum Gasteiger partial charge on any atom is 0.191 e. The maximum absolute atomic E-state index is 5.88. The van der Waals surface area contributed by atoms with Crippen molar-refractivity contribution in [2.24, 2.45) is 10.9 Å². The molecule has 6 heteroatoms. The molecular formula is C20H31N3O3. The zero-order valence-electron chi connectivity index (χ0n) is 16.1. The van der Waals surface area contributed by atoms with Crippen molar-refractivity contribution in [1.29, 1.82) is 0 Å². The van der Waals surface area contributed by atoms with E-state index in [9.17, 15) is 0 Å². The summed E-state index contributed by atoms with van der Waals surface area (Å²) in [6.45, 7) is 7.71. The van der Waals surface area contributed by atoms with Crippen molar-refractivity contribution in [2.45, 2.75) is 45.8 Å². The van der Waals surface area contributed by atoms with E-state index in [4.69, 9.17) is 14.2 Å². The summed E-state index contributed by atoms with van der Waals surface area (Å²) in [5.41, 5.74) is 2.30. The topological polar surface area (TPSA) is 64.1 Å². The lowest BCUT2D eigenvalue weighted by molar-refractivity contribution is 0.129. The Bertz CT molecular complexity index is 629. The number of hydrogen-bond acceptors (Lipinski definition) is 4. The highest BCUT2D eigenvalue weighted by Crippen LogP contribution is 2.35. The van der Waals surface area contributed by atoms with Crippen LogP contribution in [-0.2, 0) is 17.7 Å². The van der Waals surface area contributed by atoms with Gasteiger partial charge in [-0.2, -0.15) is 0 Å². The molecule has 1 aliphatic carbocycles. The summed E-state index contributed by atoms with van der Waals surface area (Å²) in [7, 11) is 1.78. The predicted octanol–water partition coefficient (Wildman–Crippen LogP) is 2.50. The summed E-state index contributed by atoms with van der Waals surface area (Å²) >= 11 is 0. The van der Waals surface area contributed by atoms with E-state index in [2.05, 4.69) is 34.7 Å². The first-order valence-electron chi connectivity index (χ1n) is 9.67. The molecule has 2 N–H and O–H groups in total. The molecule has 1 aromatic carbocycles. The Morgan fingerprint density at radius 3 is 2.88 bits per heavy atom. The van der Waals surface area contributed by atoms with Gasteiger partial charge >= 0.3 is 0 Å². The number of hydrogen-bond donors (Lipinski definition) is 2. The molecule has 6 nitrogen and oxygen atoms in total. The van der Waals surface area contributed by atoms with Gasteiger partial charge in [-0.15, -0.1) is 0 Å². The monoisotopic (exact) mass is 361 g/mol. The third-order valence-corrected chi connectivity index (χ3v) is 4.64. The van der Waals surface area contributed by atoms with E-state index in [0.717, 1.165) is 48.5 Å². The van der Waals surface area contributed by atoms with Crippen molar-refractivity contribution in [3.63, 3.8) is 0 Å². The number of nitrogens with zero attached hydrogens (tertiary/aromatic N) is 1. The van der Waals surface area contributed by atoms with Crippen LogP contribution in [0.3, 0.4) is 0 Å². The molecule has 1 aliphatic heterocycles. The summed E-state index contributed by atoms with van der Waals surface area (Å²) in [4.78, 5) is 4.28. The van der Waals surface area contributed by atoms with E-state index in [1.54, 1.807) is 7.05 Å². The first kappa shape index (κ1) is 18.8. The molecule has 144 valence electrons. The van der Waals surface area contributed by atoms with E-state index in [-0.39, 0.29) is 6.10 Å². The second-order valence-electron chi connectivity index (χ2n) is 7.00. The minimum absolute atomic E-state index is 0.229. The molecule has 1 aromatic rings. The summed E-state index contributed by atoms with van der Waals surface area (Å²) < 4.78 is 17.4. The minimum atomic E-state index is 0.229. The molecule has 2 aliphatic rings. The van der Waals surface area contributed by atoms with Gasteiger partial charge in [-0.1, -0.05) is 0 Å². The number of aliphatic imine (C=N–C) groups is 1. The fraction of sp³-hybridized carbons (Fsp3) is 0.650. The van der Waals surface area contributed by atoms with Crippen LogP contribution in [0.25, 0.3) is 0 Å². The number of guanidine groups is 1. The highest BCUT2D eigenvalue weighted by atomic mass is 16.5. The highest BCUT2D eigenvalue weighted by molar-refractivity contribution is 5.79. The molecule has 0 spiro atoms. The Hall–Kier alpha value is -1.95. The van der Waals surface area contributed by atoms with Gasteiger partial charge < -0.3 is 24.8 Å². The van der Waals surface area contributed by atoms with Gasteiger partial charge in [0.25, 0.3) is 0 Å². The molecule has 1 atom stereocenters. The number of benzene rings is 1. The van der Waals surface area contributed by atoms with Gasteiger partial charge in [0.15, 0.2) is 5.96 Å². The summed E-state index contributed by atoms with van der Waals surface area (Å²) in [5.74, 6) is 3.44. The fourth-order valence-corrected chi connectivity index (χ4v) is 3.09. The lowest BCUT2D eigenvalue weighted by Crippen LogP contribution is -2.38. The SMILES string of the molecule is CCOc1cc2c(cc1CNC(=NC)NCCOCC1CC1)OC(C)C2. The molecule has 0 saturated heterocycles. The molecule has 0 aromatic heterocycles. The van der Waals surface area contributed by atoms with Crippen molar-refractivity contribution in [1.82, 2.24) is 10.6 Å². The lowest BCUT2D eigenvalue weighted by atomic mass is 10.1. The minimum Gasteiger partial charge on any atom is -0.494 e. The van der Waals surface area contributed by atoms with Gasteiger partial charge in [0.05, 0.1) is 13.2 Å². The molecule has 1 saturated carbocycles. The summed E-state index contributed by atoms with van der Waals surface area (Å²) in [6.07, 6.45) is 3.81. The average Bonchev–Trinajstić information content (AvgIpc) is 3.38. The number of rotatable bonds is 9. The van der Waals surface area contributed by atoms with E-state index in [0.29, 0.717) is 19.8 Å². The zero-order chi connectivity index (χ0) is 18.4. The van der Waals surface area contributed by atoms with Crippen molar-refractivity contribution in [3.8, 4) is 11.5 Å². The Morgan fingerprint density at radius 1 is 1.31 bits per heavy atom. The molecule has 1 unspecified atom stereocenters. The average molecular weight is 361 g/mol. The Balaban J connectivity index is 1.50. The van der Waals surface area contributed by atoms with Crippen molar-refractivity contribution < 1.29 is 14.2 Å². The molecule has 26 heavy (non-hydrogen) atoms. The Kier molecular flexibility index (Phi) is 6.61. The van der Waals surface area contributed by atoms with E-state index in [1.165, 1.54) is 18.4 Å². The third kappa shape index (κ3) is 5.27. The van der Waals surface area contributed by atoms with Crippen molar-refractivity contribution >= 4 is 5.96 Å². The second kappa shape index (κ2) is 9.12. The highest BCUT2D eigenvalue weighted by Gasteiger charge is 2.22. The van der Waals surface area contributed by atoms with Gasteiger partial charge in [0, 0.05) is 44.3 Å². The summed E-state index contributed by atoms with van der Waals surface area (Å²) in [5, 5.41) is 6.63. The number of nitrogens with one attached hydrogen (secondary N) is 2. The van der Waals surface area contributed by atoms with Gasteiger partial charge in [0.1, 0.15) is 17.6 Å². The van der Waals surface area contributed by atoms with Crippen LogP contribution < -0.4 is 20.1 Å². The lowest BCUT2D eigenvalue weighted by Gasteiger charge is -2.15. The molecule has 3 rings (SSSR count). The van der Waals surface area contributed by atoms with Gasteiger partial charge in [-0.3, -0.25) is 4.99 Å². The third-order valence-electron chi connectivity index (χ3n) is 4.64. The van der Waals surface area contributed by atoms with Gasteiger partial charge in [0.2, 0.25) is 0 Å². The van der Waals surface area contributed by atoms with E-state index in [1.807, 2.05) is 6.92 Å². The zero-order valence-corrected chi connectivity index (χ0v) is 16.1. The molecular weight excluding hydrogens is 330 g/mol. The Morgan fingerprint density at radius 2 is 2.15 bits per heavy atom. The van der Waals surface area contributed by atoms with Crippen LogP contribution in [-0.4, -0.2) is 45.5 Å². The van der Waals surface area contributed by atoms with Gasteiger partial charge in [-0.05, 0) is 44.7 Å². The fourth-order valence-electron chi connectivity index (χ4n) is 3.09. The van der Waals surface area contributed by atoms with Crippen LogP contribution in [0, 0.1) is 5.92 Å². The van der Waals surface area contributed by atoms with Crippen LogP contribution in [0.5, 0.6) is 11.5 Å². The molecule has 0 bridgehead atoms. The molecule has 1 fully saturated rings. The maximum atomic E-state index is 5.88. The van der Waals surface area contributed by atoms with Crippen LogP contribution >= 0.6 is 0 Å². The molecule has 1 heterocycles. The van der Waals surface area contributed by atoms with Crippen LogP contribution in [0.2, 0.25) is 0 Å². The van der Waals surface area contributed by atoms with E-state index >= 15 is 0 Å². The standard InChI is InChI=1S/C20H31N3O3/c1-4-25-18-10-16-9-14(2)26-19(16)11-17(18)12-23-20(21-3)22-7-8-24-13-15-5-6-15/h10-11,14-15H,4-9,12-13H2,1-3H3,(H2,21,22,23). The quantitative estimate of drug-likeness (QED) is 0.402. The number of fused-ring (bicyclic) bond motifs is 1. The first-order chi connectivity index (χ1) is 12.7. The van der Waals surface area contributed by atoms with Crippen molar-refractivity contribution in [3.05, 3.63) is 23.3 Å².